The summed E-state index contributed by atoms with van der Waals surface area (Å²) in [4.78, 5) is 9.80. The van der Waals surface area contributed by atoms with Crippen LogP contribution in [0.4, 0.5) is 83.4 Å². The second-order valence-electron chi connectivity index (χ2n) is 5.40. The maximum Gasteiger partial charge on any atom is 1.00 e. The molecule has 32 heavy (non-hydrogen) atoms. The minimum absolute atomic E-state index is 0. The molecule has 0 spiro atoms. The predicted molar refractivity (Wildman–Crippen MR) is 54.4 cm³/mol. The van der Waals surface area contributed by atoms with E-state index in [0.717, 1.165) is 0 Å². The van der Waals surface area contributed by atoms with Crippen molar-refractivity contribution in [1.29, 1.82) is 0 Å². The van der Waals surface area contributed by atoms with Crippen molar-refractivity contribution in [3.8, 4) is 0 Å². The Labute approximate surface area is 174 Å². The fourth-order valence-electron chi connectivity index (χ4n) is 1.50. The molecule has 0 saturated heterocycles. The first-order valence-electron chi connectivity index (χ1n) is 6.27. The molecular formula is C10H2F19LiO2. The molecule has 0 rings (SSSR count). The van der Waals surface area contributed by atoms with Crippen molar-refractivity contribution in [3.63, 3.8) is 0 Å². The topological polar surface area (TPSA) is 37.3 Å². The van der Waals surface area contributed by atoms with Crippen LogP contribution in [0.15, 0.2) is 0 Å². The molecule has 0 aromatic carbocycles. The number of carbonyl (C=O) groups is 1. The zero-order valence-corrected chi connectivity index (χ0v) is 14.0. The van der Waals surface area contributed by atoms with Gasteiger partial charge in [-0.3, -0.25) is 0 Å². The summed E-state index contributed by atoms with van der Waals surface area (Å²) in [6.07, 6.45) is -7.95. The fraction of sp³-hybridized carbons (Fsp3) is 0.900. The van der Waals surface area contributed by atoms with Gasteiger partial charge >= 0.3 is 78.4 Å². The summed E-state index contributed by atoms with van der Waals surface area (Å²) in [5.74, 6) is -73.3. The van der Waals surface area contributed by atoms with Gasteiger partial charge < -0.3 is 6.53 Å². The van der Waals surface area contributed by atoms with Crippen molar-refractivity contribution in [3.05, 3.63) is 0 Å². The van der Waals surface area contributed by atoms with Crippen molar-refractivity contribution >= 4 is 5.97 Å². The van der Waals surface area contributed by atoms with E-state index in [4.69, 9.17) is 5.11 Å². The third-order valence-corrected chi connectivity index (χ3v) is 3.38. The number of aliphatic carboxylic acids is 1. The number of carboxylic acid groups (broad SMARTS) is 1. The van der Waals surface area contributed by atoms with Crippen LogP contribution >= 0.6 is 0 Å². The number of hydrogen-bond acceptors (Lipinski definition) is 1. The third-order valence-electron chi connectivity index (χ3n) is 3.38. The summed E-state index contributed by atoms with van der Waals surface area (Å²) >= 11 is 0. The Bertz CT molecular complexity index is 714. The van der Waals surface area contributed by atoms with Gasteiger partial charge in [-0.1, -0.05) is 0 Å². The maximum absolute atomic E-state index is 13.1. The summed E-state index contributed by atoms with van der Waals surface area (Å²) in [5, 5.41) is 7.61. The van der Waals surface area contributed by atoms with Crippen LogP contribution in [0.5, 0.6) is 0 Å². The van der Waals surface area contributed by atoms with Gasteiger partial charge in [0.1, 0.15) is 0 Å². The molecule has 22 heteroatoms. The molecule has 0 amide bonds. The van der Waals surface area contributed by atoms with Gasteiger partial charge in [0.25, 0.3) is 0 Å². The van der Waals surface area contributed by atoms with Crippen molar-refractivity contribution in [2.24, 2.45) is 0 Å². The van der Waals surface area contributed by atoms with Gasteiger partial charge in [-0.25, -0.2) is 4.79 Å². The van der Waals surface area contributed by atoms with Gasteiger partial charge in [0.2, 0.25) is 0 Å². The molecule has 0 aromatic heterocycles. The summed E-state index contributed by atoms with van der Waals surface area (Å²) in [7, 11) is 0. The molecule has 0 bridgehead atoms. The molecule has 0 unspecified atom stereocenters. The molecule has 0 saturated carbocycles. The van der Waals surface area contributed by atoms with Crippen molar-refractivity contribution in [1.82, 2.24) is 0 Å². The number of hydrogen-bond donors (Lipinski definition) is 1. The van der Waals surface area contributed by atoms with E-state index in [1.54, 1.807) is 0 Å². The second kappa shape index (κ2) is 7.91. The molecule has 0 aromatic rings. The predicted octanol–water partition coefficient (Wildman–Crippen LogP) is 2.83. The summed E-state index contributed by atoms with van der Waals surface area (Å²) in [6, 6.07) is 0. The normalized spacial score (nSPS) is 16.0. The standard InChI is InChI=1S/C10HF19O2.Li.H/c11-2(12,1(30)31)3(13,14)4(15,16)5(17,18)6(19,20)7(21,22)8(23,24)9(25,26)10(27,28)29;;/h(H,30,31);;/q;+1;-1. The molecule has 0 atom stereocenters. The largest absolute Gasteiger partial charge is 1.00 e. The molecule has 2 nitrogen and oxygen atoms in total. The number of alkyl halides is 19. The van der Waals surface area contributed by atoms with E-state index in [0.29, 0.717) is 0 Å². The average Bonchev–Trinajstić information content (AvgIpc) is 2.52. The minimum atomic E-state index is -9.06. The molecule has 0 aliphatic rings. The quantitative estimate of drug-likeness (QED) is 0.394. The van der Waals surface area contributed by atoms with Crippen molar-refractivity contribution in [2.45, 2.75) is 53.6 Å². The Kier molecular flexibility index (Phi) is 8.13. The van der Waals surface area contributed by atoms with E-state index in [2.05, 4.69) is 0 Å². The van der Waals surface area contributed by atoms with E-state index in [1.165, 1.54) is 0 Å². The molecule has 0 heterocycles. The molecule has 0 radical (unpaired) electrons. The fourth-order valence-corrected chi connectivity index (χ4v) is 1.50. The van der Waals surface area contributed by atoms with E-state index < -0.39 is 59.5 Å². The number of carboxylic acids is 1. The average molecular weight is 522 g/mol. The van der Waals surface area contributed by atoms with Crippen LogP contribution in [0.3, 0.4) is 0 Å². The maximum atomic E-state index is 13.1. The Morgan fingerprint density at radius 2 is 0.625 bits per heavy atom. The van der Waals surface area contributed by atoms with Gasteiger partial charge in [-0.15, -0.1) is 0 Å². The zero-order chi connectivity index (χ0) is 26.1. The van der Waals surface area contributed by atoms with E-state index in [-0.39, 0.29) is 20.3 Å². The second-order valence-corrected chi connectivity index (χ2v) is 5.40. The van der Waals surface area contributed by atoms with Crippen LogP contribution in [-0.4, -0.2) is 64.6 Å². The molecule has 0 aliphatic carbocycles. The van der Waals surface area contributed by atoms with E-state index >= 15 is 0 Å². The summed E-state index contributed by atoms with van der Waals surface area (Å²) in [6.45, 7) is 0. The first-order valence-corrected chi connectivity index (χ1v) is 6.27. The smallest absolute Gasteiger partial charge is 1.00 e. The molecule has 188 valence electrons. The Morgan fingerprint density at radius 3 is 0.812 bits per heavy atom. The molecule has 1 N–H and O–H groups in total. The first kappa shape index (κ1) is 32.9. The van der Waals surface area contributed by atoms with E-state index in [1.807, 2.05) is 0 Å². The van der Waals surface area contributed by atoms with Gasteiger partial charge in [0.05, 0.1) is 0 Å². The third kappa shape index (κ3) is 3.75. The van der Waals surface area contributed by atoms with Gasteiger partial charge in [-0.2, -0.15) is 83.4 Å². The zero-order valence-electron chi connectivity index (χ0n) is 15.0. The molecule has 0 aliphatic heterocycles. The van der Waals surface area contributed by atoms with Crippen molar-refractivity contribution in [2.75, 3.05) is 0 Å². The van der Waals surface area contributed by atoms with Crippen molar-refractivity contribution < 1.29 is 114 Å². The van der Waals surface area contributed by atoms with Gasteiger partial charge in [0, 0.05) is 0 Å². The SMILES string of the molecule is O=C(O)C(F)(F)C(F)(F)C(F)(F)C(F)(F)C(F)(F)C(F)(F)C(F)(F)C(F)(F)C(F)(F)F.[H-].[Li+]. The van der Waals surface area contributed by atoms with Crippen LogP contribution in [0.1, 0.15) is 1.43 Å². The minimum Gasteiger partial charge on any atom is -1.00 e. The summed E-state index contributed by atoms with van der Waals surface area (Å²) in [5.41, 5.74) is 0. The van der Waals surface area contributed by atoms with E-state index in [9.17, 15) is 88.2 Å². The molecular weight excluding hydrogens is 520 g/mol. The van der Waals surface area contributed by atoms with Crippen LogP contribution in [0, 0.1) is 0 Å². The molecule has 0 fully saturated rings. The summed E-state index contributed by atoms with van der Waals surface area (Å²) < 4.78 is 242. The van der Waals surface area contributed by atoms with Gasteiger partial charge in [0.15, 0.2) is 0 Å². The van der Waals surface area contributed by atoms with Crippen LogP contribution in [-0.2, 0) is 4.79 Å². The number of halogens is 19. The Balaban J connectivity index is -0.00000450. The van der Waals surface area contributed by atoms with Crippen LogP contribution < -0.4 is 18.9 Å². The van der Waals surface area contributed by atoms with Gasteiger partial charge in [-0.05, 0) is 0 Å². The Hall–Kier alpha value is -1.26. The van der Waals surface area contributed by atoms with Crippen LogP contribution in [0.2, 0.25) is 0 Å². The van der Waals surface area contributed by atoms with Crippen LogP contribution in [0.25, 0.3) is 0 Å². The monoisotopic (exact) mass is 522 g/mol. The Morgan fingerprint density at radius 1 is 0.438 bits per heavy atom. The first-order chi connectivity index (χ1) is 12.9. The number of rotatable bonds is 8.